The van der Waals surface area contributed by atoms with Crippen LogP contribution in [0.1, 0.15) is 5.56 Å². The Balaban J connectivity index is 2.40. The number of halogens is 4. The highest BCUT2D eigenvalue weighted by atomic mass is 79.9. The van der Waals surface area contributed by atoms with E-state index < -0.39 is 21.8 Å². The van der Waals surface area contributed by atoms with Gasteiger partial charge in [0.2, 0.25) is 0 Å². The van der Waals surface area contributed by atoms with Crippen molar-refractivity contribution in [2.24, 2.45) is 0 Å². The molecule has 5 nitrogen and oxygen atoms in total. The zero-order chi connectivity index (χ0) is 19.4. The summed E-state index contributed by atoms with van der Waals surface area (Å²) in [6.45, 7) is 0.242. The molecular weight excluding hydrogens is 439 g/mol. The number of benzene rings is 2. The number of methoxy groups -OCH3 is 1. The molecule has 142 valence electrons. The fraction of sp³-hybridized carbons (Fsp3) is 0.250. The van der Waals surface area contributed by atoms with Crippen molar-refractivity contribution in [2.75, 3.05) is 25.0 Å². The monoisotopic (exact) mass is 453 g/mol. The minimum Gasteiger partial charge on any atom is -0.489 e. The Bertz CT molecular complexity index is 872. The molecule has 0 saturated carbocycles. The van der Waals surface area contributed by atoms with Gasteiger partial charge in [-0.15, -0.1) is 0 Å². The average Bonchev–Trinajstić information content (AvgIpc) is 2.55. The molecule has 0 heterocycles. The van der Waals surface area contributed by atoms with Crippen molar-refractivity contribution in [1.29, 1.82) is 0 Å². The van der Waals surface area contributed by atoms with Gasteiger partial charge in [0, 0.05) is 11.6 Å². The van der Waals surface area contributed by atoms with Crippen molar-refractivity contribution in [3.63, 3.8) is 0 Å². The van der Waals surface area contributed by atoms with Gasteiger partial charge in [0.25, 0.3) is 10.0 Å². The molecule has 0 fully saturated rings. The van der Waals surface area contributed by atoms with Crippen molar-refractivity contribution in [1.82, 2.24) is 0 Å². The number of ether oxygens (including phenoxy) is 2. The molecule has 2 aromatic carbocycles. The highest BCUT2D eigenvalue weighted by molar-refractivity contribution is 9.10. The highest BCUT2D eigenvalue weighted by Gasteiger charge is 2.32. The van der Waals surface area contributed by atoms with Gasteiger partial charge in [-0.05, 0) is 36.4 Å². The highest BCUT2D eigenvalue weighted by Crippen LogP contribution is 2.36. The molecule has 1 N–H and O–H groups in total. The van der Waals surface area contributed by atoms with Crippen LogP contribution in [0.2, 0.25) is 0 Å². The van der Waals surface area contributed by atoms with Crippen molar-refractivity contribution in [3.05, 3.63) is 52.5 Å². The molecule has 2 rings (SSSR count). The van der Waals surface area contributed by atoms with E-state index in [9.17, 15) is 21.6 Å². The summed E-state index contributed by atoms with van der Waals surface area (Å²) in [4.78, 5) is -0.105. The van der Waals surface area contributed by atoms with Gasteiger partial charge >= 0.3 is 6.18 Å². The van der Waals surface area contributed by atoms with Gasteiger partial charge in [-0.25, -0.2) is 8.42 Å². The lowest BCUT2D eigenvalue weighted by molar-refractivity contribution is -0.137. The molecule has 0 spiro atoms. The third-order valence-electron chi connectivity index (χ3n) is 3.20. The molecule has 0 aliphatic carbocycles. The molecule has 0 unspecified atom stereocenters. The van der Waals surface area contributed by atoms with Crippen LogP contribution in [0.15, 0.2) is 51.8 Å². The number of hydrogen-bond acceptors (Lipinski definition) is 4. The van der Waals surface area contributed by atoms with Gasteiger partial charge in [-0.1, -0.05) is 22.0 Å². The predicted molar refractivity (Wildman–Crippen MR) is 93.8 cm³/mol. The lowest BCUT2D eigenvalue weighted by Gasteiger charge is -2.16. The summed E-state index contributed by atoms with van der Waals surface area (Å²) in [5.74, 6) is -0.0337. The Labute approximate surface area is 157 Å². The van der Waals surface area contributed by atoms with E-state index in [1.54, 1.807) is 6.07 Å². The Hall–Kier alpha value is -1.78. The van der Waals surface area contributed by atoms with Crippen molar-refractivity contribution < 1.29 is 31.1 Å². The minimum atomic E-state index is -4.62. The largest absolute Gasteiger partial charge is 0.489 e. The van der Waals surface area contributed by atoms with E-state index in [0.29, 0.717) is 10.5 Å². The van der Waals surface area contributed by atoms with Crippen molar-refractivity contribution >= 4 is 31.6 Å². The van der Waals surface area contributed by atoms with Crippen molar-refractivity contribution in [3.8, 4) is 5.75 Å². The first-order valence-electron chi connectivity index (χ1n) is 7.25. The smallest absolute Gasteiger partial charge is 0.416 e. The Morgan fingerprint density at radius 3 is 2.46 bits per heavy atom. The van der Waals surface area contributed by atoms with E-state index in [2.05, 4.69) is 20.7 Å². The van der Waals surface area contributed by atoms with Crippen LogP contribution in [0.4, 0.5) is 18.9 Å². The number of anilines is 1. The maximum Gasteiger partial charge on any atom is 0.416 e. The molecular formula is C16H15BrF3NO4S. The average molecular weight is 454 g/mol. The van der Waals surface area contributed by atoms with Crippen LogP contribution in [-0.4, -0.2) is 28.7 Å². The lowest BCUT2D eigenvalue weighted by atomic mass is 10.2. The molecule has 0 aromatic heterocycles. The maximum absolute atomic E-state index is 13.0. The third kappa shape index (κ3) is 5.36. The summed E-state index contributed by atoms with van der Waals surface area (Å²) in [6, 6.07) is 8.37. The van der Waals surface area contributed by atoms with Crippen LogP contribution in [0.3, 0.4) is 0 Å². The van der Waals surface area contributed by atoms with E-state index >= 15 is 0 Å². The topological polar surface area (TPSA) is 64.6 Å². The van der Waals surface area contributed by atoms with Gasteiger partial charge in [-0.2, -0.15) is 13.2 Å². The molecule has 0 radical (unpaired) electrons. The summed E-state index contributed by atoms with van der Waals surface area (Å²) in [6.07, 6.45) is -4.62. The second kappa shape index (κ2) is 8.28. The molecule has 0 saturated heterocycles. The molecule has 0 aliphatic heterocycles. The number of hydrogen-bond donors (Lipinski definition) is 1. The number of sulfonamides is 1. The van der Waals surface area contributed by atoms with Crippen molar-refractivity contribution in [2.45, 2.75) is 11.1 Å². The number of rotatable bonds is 7. The predicted octanol–water partition coefficient (Wildman–Crippen LogP) is 4.29. The number of nitrogens with one attached hydrogen (secondary N) is 1. The van der Waals surface area contributed by atoms with E-state index in [0.717, 1.165) is 12.1 Å². The van der Waals surface area contributed by atoms with Crippen LogP contribution in [-0.2, 0) is 20.9 Å². The van der Waals surface area contributed by atoms with E-state index in [-0.39, 0.29) is 29.5 Å². The first-order chi connectivity index (χ1) is 12.1. The fourth-order valence-electron chi connectivity index (χ4n) is 1.98. The molecule has 0 amide bonds. The van der Waals surface area contributed by atoms with E-state index in [4.69, 9.17) is 9.47 Å². The molecule has 0 atom stereocenters. The van der Waals surface area contributed by atoms with Crippen LogP contribution in [0, 0.1) is 0 Å². The van der Waals surface area contributed by atoms with E-state index in [1.165, 1.54) is 25.3 Å². The second-order valence-electron chi connectivity index (χ2n) is 5.11. The quantitative estimate of drug-likeness (QED) is 0.634. The zero-order valence-electron chi connectivity index (χ0n) is 13.5. The second-order valence-corrected chi connectivity index (χ2v) is 7.71. The first-order valence-corrected chi connectivity index (χ1v) is 9.52. The molecule has 2 aromatic rings. The van der Waals surface area contributed by atoms with Crippen LogP contribution >= 0.6 is 15.9 Å². The van der Waals surface area contributed by atoms with Gasteiger partial charge in [0.05, 0.1) is 22.8 Å². The van der Waals surface area contributed by atoms with Crippen LogP contribution < -0.4 is 9.46 Å². The Kier molecular flexibility index (Phi) is 6.53. The van der Waals surface area contributed by atoms with Crippen LogP contribution in [0.5, 0.6) is 5.75 Å². The molecule has 0 bridgehead atoms. The summed E-state index contributed by atoms with van der Waals surface area (Å²) < 4.78 is 76.7. The first kappa shape index (κ1) is 20.5. The van der Waals surface area contributed by atoms with Crippen LogP contribution in [0.25, 0.3) is 0 Å². The lowest BCUT2D eigenvalue weighted by Crippen LogP contribution is -2.16. The summed E-state index contributed by atoms with van der Waals surface area (Å²) in [7, 11) is -2.67. The fourth-order valence-corrected chi connectivity index (χ4v) is 3.64. The molecule has 10 heteroatoms. The SMILES string of the molecule is COCCOc1ccc(C(F)(F)F)cc1NS(=O)(=O)c1cccc(Br)c1. The summed E-state index contributed by atoms with van der Waals surface area (Å²) >= 11 is 3.15. The Morgan fingerprint density at radius 1 is 1.12 bits per heavy atom. The van der Waals surface area contributed by atoms with Gasteiger partial charge in [0.15, 0.2) is 0 Å². The van der Waals surface area contributed by atoms with E-state index in [1.807, 2.05) is 0 Å². The molecule has 0 aliphatic rings. The maximum atomic E-state index is 13.0. The normalized spacial score (nSPS) is 12.0. The van der Waals surface area contributed by atoms with Gasteiger partial charge in [0.1, 0.15) is 12.4 Å². The summed E-state index contributed by atoms with van der Waals surface area (Å²) in [5, 5.41) is 0. The number of alkyl halides is 3. The van der Waals surface area contributed by atoms with Gasteiger partial charge in [-0.3, -0.25) is 4.72 Å². The molecule has 26 heavy (non-hydrogen) atoms. The standard InChI is InChI=1S/C16H15BrF3NO4S/c1-24-7-8-25-15-6-5-11(16(18,19)20)9-14(15)21-26(22,23)13-4-2-3-12(17)10-13/h2-6,9-10,21H,7-8H2,1H3. The summed E-state index contributed by atoms with van der Waals surface area (Å²) in [5.41, 5.74) is -1.31. The minimum absolute atomic E-state index is 0.0337. The third-order valence-corrected chi connectivity index (χ3v) is 5.06. The van der Waals surface area contributed by atoms with Gasteiger partial charge < -0.3 is 9.47 Å². The Morgan fingerprint density at radius 2 is 1.85 bits per heavy atom. The zero-order valence-corrected chi connectivity index (χ0v) is 15.9.